The van der Waals surface area contributed by atoms with Gasteiger partial charge in [0.1, 0.15) is 5.75 Å². The molecule has 0 atom stereocenters. The number of halogens is 6. The van der Waals surface area contributed by atoms with Gasteiger partial charge >= 0.3 is 0 Å². The molecule has 1 aromatic carbocycles. The minimum Gasteiger partial charge on any atom is -0.451 e. The van der Waals surface area contributed by atoms with E-state index >= 15 is 0 Å². The predicted octanol–water partition coefficient (Wildman–Crippen LogP) is 4.74. The van der Waals surface area contributed by atoms with Gasteiger partial charge < -0.3 is 4.74 Å². The van der Waals surface area contributed by atoms with Crippen molar-refractivity contribution in [2.75, 3.05) is 0 Å². The molecule has 0 bridgehead atoms. The van der Waals surface area contributed by atoms with Crippen molar-refractivity contribution < 1.29 is 22.3 Å². The zero-order valence-electron chi connectivity index (χ0n) is 8.86. The third kappa shape index (κ3) is 2.90. The first-order valence-electron chi connectivity index (χ1n) is 4.72. The molecule has 0 aliphatic rings. The van der Waals surface area contributed by atoms with Crippen molar-refractivity contribution >= 4 is 23.2 Å². The van der Waals surface area contributed by atoms with Crippen molar-refractivity contribution in [1.82, 2.24) is 4.98 Å². The second-order valence-electron chi connectivity index (χ2n) is 3.36. The summed E-state index contributed by atoms with van der Waals surface area (Å²) in [7, 11) is 0. The molecule has 0 N–H and O–H groups in total. The minimum atomic E-state index is -1.82. The molecule has 2 nitrogen and oxygen atoms in total. The Labute approximate surface area is 114 Å². The highest BCUT2D eigenvalue weighted by molar-refractivity contribution is 6.34. The Hall–Kier alpha value is -1.53. The van der Waals surface area contributed by atoms with Crippen LogP contribution < -0.4 is 4.74 Å². The SMILES string of the molecule is Fc1nc(F)c(F)c(Oc2cc(Cl)cc(Cl)c2)c1F. The molecule has 0 fully saturated rings. The first-order chi connectivity index (χ1) is 8.88. The number of pyridine rings is 1. The van der Waals surface area contributed by atoms with Crippen molar-refractivity contribution in [2.45, 2.75) is 0 Å². The van der Waals surface area contributed by atoms with Crippen LogP contribution in [0, 0.1) is 23.5 Å². The van der Waals surface area contributed by atoms with Gasteiger partial charge in [-0.25, -0.2) is 0 Å². The van der Waals surface area contributed by atoms with E-state index in [9.17, 15) is 17.6 Å². The van der Waals surface area contributed by atoms with Gasteiger partial charge in [-0.1, -0.05) is 23.2 Å². The number of hydrogen-bond donors (Lipinski definition) is 0. The summed E-state index contributed by atoms with van der Waals surface area (Å²) in [5.74, 6) is -8.59. The van der Waals surface area contributed by atoms with Gasteiger partial charge in [-0.2, -0.15) is 22.5 Å². The predicted molar refractivity (Wildman–Crippen MR) is 60.6 cm³/mol. The Bertz CT molecular complexity index is 605. The maximum absolute atomic E-state index is 13.3. The third-order valence-electron chi connectivity index (χ3n) is 2.01. The van der Waals surface area contributed by atoms with Gasteiger partial charge in [0, 0.05) is 10.0 Å². The Kier molecular flexibility index (Phi) is 3.82. The average Bonchev–Trinajstić information content (AvgIpc) is 2.31. The highest BCUT2D eigenvalue weighted by Gasteiger charge is 2.23. The van der Waals surface area contributed by atoms with Gasteiger partial charge in [-0.3, -0.25) is 0 Å². The Morgan fingerprint density at radius 1 is 0.842 bits per heavy atom. The van der Waals surface area contributed by atoms with Crippen molar-refractivity contribution in [3.05, 3.63) is 51.8 Å². The van der Waals surface area contributed by atoms with E-state index < -0.39 is 29.3 Å². The van der Waals surface area contributed by atoms with Crippen LogP contribution >= 0.6 is 23.2 Å². The van der Waals surface area contributed by atoms with Crippen molar-refractivity contribution in [1.29, 1.82) is 0 Å². The van der Waals surface area contributed by atoms with Gasteiger partial charge in [0.2, 0.25) is 17.4 Å². The number of ether oxygens (including phenoxy) is 1. The summed E-state index contributed by atoms with van der Waals surface area (Å²) < 4.78 is 57.0. The summed E-state index contributed by atoms with van der Waals surface area (Å²) in [6.45, 7) is 0. The van der Waals surface area contributed by atoms with Crippen molar-refractivity contribution in [2.24, 2.45) is 0 Å². The Balaban J connectivity index is 2.49. The molecule has 0 amide bonds. The summed E-state index contributed by atoms with van der Waals surface area (Å²) in [5.41, 5.74) is 0. The third-order valence-corrected chi connectivity index (χ3v) is 2.45. The largest absolute Gasteiger partial charge is 0.451 e. The highest BCUT2D eigenvalue weighted by atomic mass is 35.5. The van der Waals surface area contributed by atoms with Gasteiger partial charge in [-0.05, 0) is 18.2 Å². The molecule has 0 aliphatic carbocycles. The average molecular weight is 312 g/mol. The molecule has 1 heterocycles. The number of nitrogens with zero attached hydrogens (tertiary/aromatic N) is 1. The van der Waals surface area contributed by atoms with Crippen molar-refractivity contribution in [3.63, 3.8) is 0 Å². The van der Waals surface area contributed by atoms with E-state index in [1.54, 1.807) is 0 Å². The molecule has 2 rings (SSSR count). The number of benzene rings is 1. The van der Waals surface area contributed by atoms with E-state index in [0.29, 0.717) is 0 Å². The lowest BCUT2D eigenvalue weighted by atomic mass is 10.3. The van der Waals surface area contributed by atoms with Crippen LogP contribution in [-0.2, 0) is 0 Å². The summed E-state index contributed by atoms with van der Waals surface area (Å²) in [6, 6.07) is 3.68. The lowest BCUT2D eigenvalue weighted by molar-refractivity contribution is 0.343. The van der Waals surface area contributed by atoms with Crippen LogP contribution in [0.2, 0.25) is 10.0 Å². The topological polar surface area (TPSA) is 22.1 Å². The molecule has 0 unspecified atom stereocenters. The second kappa shape index (κ2) is 5.22. The standard InChI is InChI=1S/C11H3Cl2F4NO/c12-4-1-5(13)3-6(2-4)19-9-7(14)10(16)18-11(17)8(9)15/h1-3H. The molecule has 0 aliphatic heterocycles. The molecule has 1 aromatic heterocycles. The minimum absolute atomic E-state index is 0.123. The Morgan fingerprint density at radius 2 is 1.32 bits per heavy atom. The maximum Gasteiger partial charge on any atom is 0.255 e. The molecule has 0 spiro atoms. The van der Waals surface area contributed by atoms with Crippen LogP contribution in [0.4, 0.5) is 17.6 Å². The van der Waals surface area contributed by atoms with Gasteiger partial charge in [0.05, 0.1) is 0 Å². The molecule has 0 radical (unpaired) electrons. The van der Waals surface area contributed by atoms with Crippen LogP contribution in [0.15, 0.2) is 18.2 Å². The van der Waals surface area contributed by atoms with Crippen LogP contribution in [0.3, 0.4) is 0 Å². The van der Waals surface area contributed by atoms with E-state index in [2.05, 4.69) is 4.98 Å². The fourth-order valence-corrected chi connectivity index (χ4v) is 1.77. The molecule has 19 heavy (non-hydrogen) atoms. The fourth-order valence-electron chi connectivity index (χ4n) is 1.26. The van der Waals surface area contributed by atoms with Crippen molar-refractivity contribution in [3.8, 4) is 11.5 Å². The molecule has 100 valence electrons. The molecular weight excluding hydrogens is 309 g/mol. The van der Waals surface area contributed by atoms with E-state index in [1.165, 1.54) is 18.2 Å². The molecular formula is C11H3Cl2F4NO. The van der Waals surface area contributed by atoms with Crippen LogP contribution in [-0.4, -0.2) is 4.98 Å². The van der Waals surface area contributed by atoms with Crippen LogP contribution in [0.25, 0.3) is 0 Å². The van der Waals surface area contributed by atoms with E-state index in [4.69, 9.17) is 27.9 Å². The van der Waals surface area contributed by atoms with Gasteiger partial charge in [0.15, 0.2) is 0 Å². The summed E-state index contributed by atoms with van der Waals surface area (Å²) in [6.07, 6.45) is 0. The van der Waals surface area contributed by atoms with E-state index in [0.717, 1.165) is 0 Å². The van der Waals surface area contributed by atoms with E-state index in [-0.39, 0.29) is 15.8 Å². The summed E-state index contributed by atoms with van der Waals surface area (Å²) in [5, 5.41) is 0.247. The zero-order chi connectivity index (χ0) is 14.2. The first-order valence-corrected chi connectivity index (χ1v) is 5.48. The van der Waals surface area contributed by atoms with E-state index in [1.807, 2.05) is 0 Å². The lowest BCUT2D eigenvalue weighted by Crippen LogP contribution is -2.03. The molecule has 2 aromatic rings. The monoisotopic (exact) mass is 311 g/mol. The molecule has 0 saturated carbocycles. The maximum atomic E-state index is 13.3. The fraction of sp³-hybridized carbons (Fsp3) is 0. The summed E-state index contributed by atoms with van der Waals surface area (Å²) >= 11 is 11.3. The lowest BCUT2D eigenvalue weighted by Gasteiger charge is -2.09. The number of rotatable bonds is 2. The molecule has 0 saturated heterocycles. The van der Waals surface area contributed by atoms with Gasteiger partial charge in [-0.15, -0.1) is 0 Å². The first kappa shape index (κ1) is 13.9. The number of hydrogen-bond acceptors (Lipinski definition) is 2. The summed E-state index contributed by atoms with van der Waals surface area (Å²) in [4.78, 5) is 2.39. The quantitative estimate of drug-likeness (QED) is 0.590. The van der Waals surface area contributed by atoms with Crippen LogP contribution in [0.1, 0.15) is 0 Å². The van der Waals surface area contributed by atoms with Gasteiger partial charge in [0.25, 0.3) is 11.9 Å². The molecule has 8 heteroatoms. The zero-order valence-corrected chi connectivity index (χ0v) is 10.4. The highest BCUT2D eigenvalue weighted by Crippen LogP contribution is 2.32. The smallest absolute Gasteiger partial charge is 0.255 e. The normalized spacial score (nSPS) is 10.6. The second-order valence-corrected chi connectivity index (χ2v) is 4.23. The Morgan fingerprint density at radius 3 is 1.79 bits per heavy atom. The van der Waals surface area contributed by atoms with Crippen LogP contribution in [0.5, 0.6) is 11.5 Å². The number of aromatic nitrogens is 1.